The Morgan fingerprint density at radius 3 is 2.71 bits per heavy atom. The molecule has 0 spiro atoms. The molecule has 1 heterocycles. The largest absolute Gasteiger partial charge is 0.292 e. The van der Waals surface area contributed by atoms with E-state index in [2.05, 4.69) is 4.98 Å². The molecular formula is C15H8Cl2FN3. The van der Waals surface area contributed by atoms with Crippen LogP contribution in [0.3, 0.4) is 0 Å². The van der Waals surface area contributed by atoms with Crippen LogP contribution >= 0.6 is 23.2 Å². The van der Waals surface area contributed by atoms with E-state index in [1.165, 1.54) is 12.1 Å². The molecule has 0 radical (unpaired) electrons. The molecule has 21 heavy (non-hydrogen) atoms. The summed E-state index contributed by atoms with van der Waals surface area (Å²) in [5.74, 6) is 0.128. The maximum Gasteiger partial charge on any atom is 0.148 e. The fourth-order valence-electron chi connectivity index (χ4n) is 2.21. The highest BCUT2D eigenvalue weighted by Crippen LogP contribution is 2.27. The van der Waals surface area contributed by atoms with Gasteiger partial charge in [-0.15, -0.1) is 11.6 Å². The Balaban J connectivity index is 2.33. The third-order valence-electron chi connectivity index (χ3n) is 3.12. The van der Waals surface area contributed by atoms with E-state index in [1.54, 1.807) is 28.8 Å². The predicted molar refractivity (Wildman–Crippen MR) is 80.3 cm³/mol. The molecular weight excluding hydrogens is 312 g/mol. The van der Waals surface area contributed by atoms with Gasteiger partial charge in [0.05, 0.1) is 34.2 Å². The predicted octanol–water partition coefficient (Wildman–Crippen LogP) is 4.43. The molecule has 0 fully saturated rings. The molecule has 0 saturated carbocycles. The van der Waals surface area contributed by atoms with Crippen LogP contribution in [0.15, 0.2) is 36.4 Å². The summed E-state index contributed by atoms with van der Waals surface area (Å²) in [5, 5.41) is 9.34. The minimum absolute atomic E-state index is 0.131. The summed E-state index contributed by atoms with van der Waals surface area (Å²) in [5.41, 5.74) is 1.89. The Morgan fingerprint density at radius 1 is 1.24 bits per heavy atom. The van der Waals surface area contributed by atoms with Crippen molar-refractivity contribution in [3.05, 3.63) is 58.6 Å². The quantitative estimate of drug-likeness (QED) is 0.656. The van der Waals surface area contributed by atoms with Crippen molar-refractivity contribution in [1.82, 2.24) is 9.55 Å². The molecule has 3 aromatic rings. The van der Waals surface area contributed by atoms with Gasteiger partial charge in [0, 0.05) is 5.02 Å². The number of halogens is 3. The third-order valence-corrected chi connectivity index (χ3v) is 3.60. The van der Waals surface area contributed by atoms with Crippen molar-refractivity contribution in [2.24, 2.45) is 0 Å². The van der Waals surface area contributed by atoms with E-state index in [-0.39, 0.29) is 17.1 Å². The Bertz CT molecular complexity index is 880. The number of rotatable bonds is 2. The molecule has 0 aliphatic rings. The van der Waals surface area contributed by atoms with Crippen LogP contribution in [-0.2, 0) is 5.88 Å². The van der Waals surface area contributed by atoms with Crippen molar-refractivity contribution in [2.45, 2.75) is 5.88 Å². The van der Waals surface area contributed by atoms with E-state index >= 15 is 0 Å². The summed E-state index contributed by atoms with van der Waals surface area (Å²) in [6.07, 6.45) is 0. The maximum absolute atomic E-state index is 14.3. The number of nitrogens with zero attached hydrogens (tertiary/aromatic N) is 3. The Labute approximate surface area is 130 Å². The second kappa shape index (κ2) is 5.36. The SMILES string of the molecule is N#Cc1ccc(-n2c(CCl)nc3ccc(Cl)cc32)c(F)c1. The molecule has 0 saturated heterocycles. The van der Waals surface area contributed by atoms with Gasteiger partial charge in [0.15, 0.2) is 0 Å². The molecule has 2 aromatic carbocycles. The molecule has 0 atom stereocenters. The van der Waals surface area contributed by atoms with Crippen LogP contribution in [-0.4, -0.2) is 9.55 Å². The first-order valence-electron chi connectivity index (χ1n) is 6.07. The second-order valence-corrected chi connectivity index (χ2v) is 5.11. The highest BCUT2D eigenvalue weighted by molar-refractivity contribution is 6.31. The standard InChI is InChI=1S/C15H8Cl2FN3/c16-7-15-20-12-3-2-10(17)6-14(12)21(15)13-4-1-9(8-19)5-11(13)18/h1-6H,7H2. The Hall–Kier alpha value is -2.09. The maximum atomic E-state index is 14.3. The molecule has 0 unspecified atom stereocenters. The van der Waals surface area contributed by atoms with Gasteiger partial charge < -0.3 is 0 Å². The van der Waals surface area contributed by atoms with Crippen LogP contribution < -0.4 is 0 Å². The van der Waals surface area contributed by atoms with Gasteiger partial charge in [-0.05, 0) is 36.4 Å². The number of nitriles is 1. The molecule has 6 heteroatoms. The molecule has 0 bridgehead atoms. The monoisotopic (exact) mass is 319 g/mol. The number of hydrogen-bond donors (Lipinski definition) is 0. The smallest absolute Gasteiger partial charge is 0.148 e. The van der Waals surface area contributed by atoms with Gasteiger partial charge in [0.1, 0.15) is 11.6 Å². The van der Waals surface area contributed by atoms with Crippen molar-refractivity contribution < 1.29 is 4.39 Å². The van der Waals surface area contributed by atoms with Crippen LogP contribution in [0.25, 0.3) is 16.7 Å². The Kier molecular flexibility index (Phi) is 3.54. The third kappa shape index (κ3) is 2.35. The topological polar surface area (TPSA) is 41.6 Å². The summed E-state index contributed by atoms with van der Waals surface area (Å²) in [6, 6.07) is 11.3. The summed E-state index contributed by atoms with van der Waals surface area (Å²) < 4.78 is 15.9. The fraction of sp³-hybridized carbons (Fsp3) is 0.0667. The summed E-state index contributed by atoms with van der Waals surface area (Å²) in [6.45, 7) is 0. The van der Waals surface area contributed by atoms with Gasteiger partial charge in [0.2, 0.25) is 0 Å². The van der Waals surface area contributed by atoms with Gasteiger partial charge in [0.25, 0.3) is 0 Å². The lowest BCUT2D eigenvalue weighted by Crippen LogP contribution is -2.02. The molecule has 0 amide bonds. The molecule has 0 aliphatic heterocycles. The first kappa shape index (κ1) is 13.9. The van der Waals surface area contributed by atoms with E-state index in [1.807, 2.05) is 6.07 Å². The average molecular weight is 320 g/mol. The average Bonchev–Trinajstić information content (AvgIpc) is 2.84. The van der Waals surface area contributed by atoms with Gasteiger partial charge in [-0.3, -0.25) is 4.57 Å². The van der Waals surface area contributed by atoms with Gasteiger partial charge in [-0.2, -0.15) is 5.26 Å². The van der Waals surface area contributed by atoms with Crippen molar-refractivity contribution in [1.29, 1.82) is 5.26 Å². The first-order chi connectivity index (χ1) is 10.1. The number of aromatic nitrogens is 2. The van der Waals surface area contributed by atoms with Crippen molar-refractivity contribution in [3.63, 3.8) is 0 Å². The van der Waals surface area contributed by atoms with Crippen LogP contribution in [0.5, 0.6) is 0 Å². The van der Waals surface area contributed by atoms with Crippen molar-refractivity contribution >= 4 is 34.2 Å². The number of fused-ring (bicyclic) bond motifs is 1. The van der Waals surface area contributed by atoms with Gasteiger partial charge >= 0.3 is 0 Å². The van der Waals surface area contributed by atoms with Crippen molar-refractivity contribution in [3.8, 4) is 11.8 Å². The van der Waals surface area contributed by atoms with E-state index in [4.69, 9.17) is 28.5 Å². The van der Waals surface area contributed by atoms with Gasteiger partial charge in [-0.25, -0.2) is 9.37 Å². The lowest BCUT2D eigenvalue weighted by atomic mass is 10.2. The molecule has 0 N–H and O–H groups in total. The number of imidazole rings is 1. The highest BCUT2D eigenvalue weighted by Gasteiger charge is 2.15. The number of benzene rings is 2. The summed E-state index contributed by atoms with van der Waals surface area (Å²) in [4.78, 5) is 4.37. The van der Waals surface area contributed by atoms with Crippen LogP contribution in [0.4, 0.5) is 4.39 Å². The zero-order valence-electron chi connectivity index (χ0n) is 10.6. The molecule has 3 nitrogen and oxygen atoms in total. The zero-order valence-corrected chi connectivity index (χ0v) is 12.2. The number of hydrogen-bond acceptors (Lipinski definition) is 2. The first-order valence-corrected chi connectivity index (χ1v) is 6.98. The highest BCUT2D eigenvalue weighted by atomic mass is 35.5. The molecule has 104 valence electrons. The summed E-state index contributed by atoms with van der Waals surface area (Å²) >= 11 is 11.9. The lowest BCUT2D eigenvalue weighted by Gasteiger charge is -2.09. The molecule has 3 rings (SSSR count). The van der Waals surface area contributed by atoms with E-state index < -0.39 is 5.82 Å². The second-order valence-electron chi connectivity index (χ2n) is 4.41. The number of alkyl halides is 1. The van der Waals surface area contributed by atoms with Crippen LogP contribution in [0.2, 0.25) is 5.02 Å². The van der Waals surface area contributed by atoms with Crippen LogP contribution in [0.1, 0.15) is 11.4 Å². The van der Waals surface area contributed by atoms with E-state index in [9.17, 15) is 4.39 Å². The van der Waals surface area contributed by atoms with Crippen LogP contribution in [0, 0.1) is 17.1 Å². The zero-order chi connectivity index (χ0) is 15.0. The lowest BCUT2D eigenvalue weighted by molar-refractivity contribution is 0.617. The van der Waals surface area contributed by atoms with E-state index in [0.717, 1.165) is 0 Å². The minimum Gasteiger partial charge on any atom is -0.292 e. The minimum atomic E-state index is -0.514. The normalized spacial score (nSPS) is 10.8. The molecule has 1 aromatic heterocycles. The summed E-state index contributed by atoms with van der Waals surface area (Å²) in [7, 11) is 0. The van der Waals surface area contributed by atoms with Gasteiger partial charge in [-0.1, -0.05) is 11.6 Å². The molecule has 0 aliphatic carbocycles. The Morgan fingerprint density at radius 2 is 2.05 bits per heavy atom. The van der Waals surface area contributed by atoms with E-state index in [0.29, 0.717) is 21.9 Å². The fourth-order valence-corrected chi connectivity index (χ4v) is 2.56. The van der Waals surface area contributed by atoms with Crippen molar-refractivity contribution in [2.75, 3.05) is 0 Å².